The maximum absolute atomic E-state index is 14.0. The van der Waals surface area contributed by atoms with Crippen LogP contribution in [0.5, 0.6) is 0 Å². The van der Waals surface area contributed by atoms with Gasteiger partial charge in [-0.1, -0.05) is 36.4 Å². The van der Waals surface area contributed by atoms with Gasteiger partial charge in [-0.2, -0.15) is 0 Å². The van der Waals surface area contributed by atoms with E-state index in [-0.39, 0.29) is 29.6 Å². The highest BCUT2D eigenvalue weighted by Gasteiger charge is 2.47. The molecule has 0 radical (unpaired) electrons. The summed E-state index contributed by atoms with van der Waals surface area (Å²) in [6.45, 7) is 1.18. The van der Waals surface area contributed by atoms with Crippen LogP contribution in [0.2, 0.25) is 0 Å². The standard InChI is InChI=1S/C23H27FN2O3S/c1-30(28,29)25-18-8-5-12-26(13-11-18)23(27)22-15-21(22)20-14-17(24)9-10-19(20)16-6-3-2-4-7-16/h2-4,6-7,9-10,14,18,21-22,25H,5,8,11-13,15H2,1H3. The zero-order valence-corrected chi connectivity index (χ0v) is 17.9. The number of halogens is 1. The Morgan fingerprint density at radius 2 is 1.87 bits per heavy atom. The van der Waals surface area contributed by atoms with Crippen LogP contribution in [-0.4, -0.2) is 44.6 Å². The third-order valence-electron chi connectivity index (χ3n) is 6.03. The molecule has 1 aliphatic carbocycles. The third kappa shape index (κ3) is 4.90. The molecule has 1 heterocycles. The second-order valence-corrected chi connectivity index (χ2v) is 10.2. The van der Waals surface area contributed by atoms with Gasteiger partial charge < -0.3 is 4.90 Å². The Labute approximate surface area is 177 Å². The van der Waals surface area contributed by atoms with Crippen LogP contribution in [0.1, 0.15) is 37.2 Å². The molecular formula is C23H27FN2O3S. The van der Waals surface area contributed by atoms with E-state index in [1.54, 1.807) is 12.1 Å². The van der Waals surface area contributed by atoms with Crippen LogP contribution >= 0.6 is 0 Å². The average Bonchev–Trinajstić information content (AvgIpc) is 3.51. The fourth-order valence-electron chi connectivity index (χ4n) is 4.50. The van der Waals surface area contributed by atoms with E-state index in [9.17, 15) is 17.6 Å². The number of rotatable bonds is 5. The molecule has 2 aliphatic rings. The summed E-state index contributed by atoms with van der Waals surface area (Å²) in [7, 11) is -3.25. The van der Waals surface area contributed by atoms with Crippen LogP contribution in [-0.2, 0) is 14.8 Å². The predicted octanol–water partition coefficient (Wildman–Crippen LogP) is 3.53. The zero-order valence-electron chi connectivity index (χ0n) is 17.1. The Balaban J connectivity index is 1.46. The molecule has 7 heteroatoms. The van der Waals surface area contributed by atoms with Crippen molar-refractivity contribution in [1.82, 2.24) is 9.62 Å². The van der Waals surface area contributed by atoms with Gasteiger partial charge in [-0.15, -0.1) is 0 Å². The minimum atomic E-state index is -3.25. The number of benzene rings is 2. The van der Waals surface area contributed by atoms with Gasteiger partial charge in [0.1, 0.15) is 5.82 Å². The van der Waals surface area contributed by atoms with E-state index >= 15 is 0 Å². The molecule has 5 nitrogen and oxygen atoms in total. The lowest BCUT2D eigenvalue weighted by Crippen LogP contribution is -2.36. The van der Waals surface area contributed by atoms with Gasteiger partial charge in [-0.3, -0.25) is 4.79 Å². The SMILES string of the molecule is CS(=O)(=O)NC1CCCN(C(=O)C2CC2c2cc(F)ccc2-c2ccccc2)CC1. The molecule has 30 heavy (non-hydrogen) atoms. The first kappa shape index (κ1) is 21.0. The van der Waals surface area contributed by atoms with E-state index in [0.29, 0.717) is 19.5 Å². The summed E-state index contributed by atoms with van der Waals surface area (Å²) in [5, 5.41) is 0. The molecular weight excluding hydrogens is 403 g/mol. The molecule has 2 aromatic rings. The maximum Gasteiger partial charge on any atom is 0.226 e. The van der Waals surface area contributed by atoms with Gasteiger partial charge in [0.05, 0.1) is 6.26 Å². The Hall–Kier alpha value is -2.25. The first-order valence-electron chi connectivity index (χ1n) is 10.4. The van der Waals surface area contributed by atoms with E-state index in [0.717, 1.165) is 36.0 Å². The number of carbonyl (C=O) groups excluding carboxylic acids is 1. The largest absolute Gasteiger partial charge is 0.342 e. The van der Waals surface area contributed by atoms with E-state index in [4.69, 9.17) is 0 Å². The summed E-state index contributed by atoms with van der Waals surface area (Å²) in [4.78, 5) is 15.0. The highest BCUT2D eigenvalue weighted by Crippen LogP contribution is 2.51. The van der Waals surface area contributed by atoms with Crippen LogP contribution in [0.4, 0.5) is 4.39 Å². The van der Waals surface area contributed by atoms with Crippen molar-refractivity contribution in [2.45, 2.75) is 37.6 Å². The molecule has 1 saturated carbocycles. The van der Waals surface area contributed by atoms with E-state index in [1.165, 1.54) is 12.3 Å². The van der Waals surface area contributed by atoms with Crippen LogP contribution in [0.3, 0.4) is 0 Å². The van der Waals surface area contributed by atoms with Crippen molar-refractivity contribution in [3.8, 4) is 11.1 Å². The Morgan fingerprint density at radius 1 is 1.10 bits per heavy atom. The topological polar surface area (TPSA) is 66.5 Å². The van der Waals surface area contributed by atoms with Gasteiger partial charge in [-0.25, -0.2) is 17.5 Å². The number of sulfonamides is 1. The van der Waals surface area contributed by atoms with E-state index in [1.807, 2.05) is 35.2 Å². The second kappa shape index (κ2) is 8.47. The van der Waals surface area contributed by atoms with Gasteiger partial charge in [0.25, 0.3) is 0 Å². The molecule has 2 fully saturated rings. The Kier molecular flexibility index (Phi) is 5.93. The van der Waals surface area contributed by atoms with Crippen molar-refractivity contribution < 1.29 is 17.6 Å². The van der Waals surface area contributed by atoms with Crippen molar-refractivity contribution in [1.29, 1.82) is 0 Å². The van der Waals surface area contributed by atoms with E-state index < -0.39 is 10.0 Å². The number of nitrogens with one attached hydrogen (secondary N) is 1. The van der Waals surface area contributed by atoms with Crippen molar-refractivity contribution in [2.24, 2.45) is 5.92 Å². The normalized spacial score (nSPS) is 24.3. The van der Waals surface area contributed by atoms with Crippen molar-refractivity contribution in [3.63, 3.8) is 0 Å². The van der Waals surface area contributed by atoms with Gasteiger partial charge in [0.15, 0.2) is 0 Å². The molecule has 1 saturated heterocycles. The number of amides is 1. The van der Waals surface area contributed by atoms with Crippen molar-refractivity contribution in [2.75, 3.05) is 19.3 Å². The van der Waals surface area contributed by atoms with Gasteiger partial charge in [-0.05, 0) is 60.4 Å². The molecule has 4 rings (SSSR count). The Morgan fingerprint density at radius 3 is 2.60 bits per heavy atom. The van der Waals surface area contributed by atoms with Crippen molar-refractivity contribution >= 4 is 15.9 Å². The second-order valence-electron chi connectivity index (χ2n) is 8.39. The minimum absolute atomic E-state index is 0.0246. The lowest BCUT2D eigenvalue weighted by Gasteiger charge is -2.21. The smallest absolute Gasteiger partial charge is 0.226 e. The zero-order chi connectivity index (χ0) is 21.3. The maximum atomic E-state index is 14.0. The van der Waals surface area contributed by atoms with E-state index in [2.05, 4.69) is 4.72 Å². The average molecular weight is 431 g/mol. The number of hydrogen-bond acceptors (Lipinski definition) is 3. The van der Waals surface area contributed by atoms with Crippen LogP contribution in [0.15, 0.2) is 48.5 Å². The monoisotopic (exact) mass is 430 g/mol. The predicted molar refractivity (Wildman–Crippen MR) is 115 cm³/mol. The summed E-state index contributed by atoms with van der Waals surface area (Å²) in [5.74, 6) is -0.291. The lowest BCUT2D eigenvalue weighted by molar-refractivity contribution is -0.132. The summed E-state index contributed by atoms with van der Waals surface area (Å²) < 4.78 is 39.7. The number of likely N-dealkylation sites (tertiary alicyclic amines) is 1. The molecule has 0 bridgehead atoms. The molecule has 160 valence electrons. The molecule has 2 aromatic carbocycles. The summed E-state index contributed by atoms with van der Waals surface area (Å²) in [6.07, 6.45) is 4.01. The summed E-state index contributed by atoms with van der Waals surface area (Å²) in [6, 6.07) is 14.6. The molecule has 0 spiro atoms. The molecule has 1 amide bonds. The third-order valence-corrected chi connectivity index (χ3v) is 6.79. The van der Waals surface area contributed by atoms with Crippen LogP contribution in [0.25, 0.3) is 11.1 Å². The number of hydrogen-bond donors (Lipinski definition) is 1. The van der Waals surface area contributed by atoms with Crippen LogP contribution < -0.4 is 4.72 Å². The highest BCUT2D eigenvalue weighted by molar-refractivity contribution is 7.88. The first-order chi connectivity index (χ1) is 14.3. The van der Waals surface area contributed by atoms with Gasteiger partial charge >= 0.3 is 0 Å². The molecule has 3 atom stereocenters. The van der Waals surface area contributed by atoms with Gasteiger partial charge in [0.2, 0.25) is 15.9 Å². The summed E-state index contributed by atoms with van der Waals surface area (Å²) >= 11 is 0. The molecule has 0 aromatic heterocycles. The first-order valence-corrected chi connectivity index (χ1v) is 12.3. The fourth-order valence-corrected chi connectivity index (χ4v) is 5.35. The summed E-state index contributed by atoms with van der Waals surface area (Å²) in [5.41, 5.74) is 2.90. The lowest BCUT2D eigenvalue weighted by atomic mass is 9.95. The quantitative estimate of drug-likeness (QED) is 0.789. The highest BCUT2D eigenvalue weighted by atomic mass is 32.2. The van der Waals surface area contributed by atoms with Gasteiger partial charge in [0, 0.05) is 25.0 Å². The van der Waals surface area contributed by atoms with Crippen molar-refractivity contribution in [3.05, 3.63) is 59.9 Å². The fraction of sp³-hybridized carbons (Fsp3) is 0.435. The molecule has 1 N–H and O–H groups in total. The number of carbonyl (C=O) groups is 1. The Bertz CT molecular complexity index is 1030. The number of nitrogens with zero attached hydrogens (tertiary/aromatic N) is 1. The minimum Gasteiger partial charge on any atom is -0.342 e. The molecule has 1 aliphatic heterocycles. The molecule has 3 unspecified atom stereocenters. The van der Waals surface area contributed by atoms with Crippen LogP contribution in [0, 0.1) is 11.7 Å².